The molecule has 4 heterocycles. The van der Waals surface area contributed by atoms with Crippen LogP contribution in [0.1, 0.15) is 204 Å². The molecule has 6 aromatic carbocycles. The van der Waals surface area contributed by atoms with Gasteiger partial charge < -0.3 is 19.6 Å². The number of carbonyl (C=O) groups excluding carboxylic acids is 4. The number of rotatable bonds is 34. The highest BCUT2D eigenvalue weighted by Crippen LogP contribution is 2.49. The predicted molar refractivity (Wildman–Crippen MR) is 411 cm³/mol. The van der Waals surface area contributed by atoms with Gasteiger partial charge in [-0.15, -0.1) is 6.58 Å². The van der Waals surface area contributed by atoms with Gasteiger partial charge in [0.05, 0.1) is 45.1 Å². The van der Waals surface area contributed by atoms with Crippen LogP contribution in [-0.2, 0) is 19.2 Å². The van der Waals surface area contributed by atoms with Crippen LogP contribution in [0, 0.1) is 5.92 Å². The Morgan fingerprint density at radius 2 is 0.571 bits per heavy atom. The smallest absolute Gasteiger partial charge is 0.261 e. The van der Waals surface area contributed by atoms with Crippen LogP contribution in [-0.4, -0.2) is 69.4 Å². The molecule has 4 aliphatic heterocycles. The summed E-state index contributed by atoms with van der Waals surface area (Å²) in [5.41, 5.74) is 17.9. The number of fused-ring (bicyclic) bond motifs is 2. The van der Waals surface area contributed by atoms with Crippen molar-refractivity contribution in [3.8, 4) is 0 Å². The lowest BCUT2D eigenvalue weighted by Crippen LogP contribution is -2.31. The van der Waals surface area contributed by atoms with Gasteiger partial charge in [-0.05, 0) is 110 Å². The highest BCUT2D eigenvalue weighted by molar-refractivity contribution is 6.31. The van der Waals surface area contributed by atoms with Crippen molar-refractivity contribution in [2.75, 3.05) is 26.2 Å². The maximum atomic E-state index is 15.0. The Morgan fingerprint density at radius 1 is 0.327 bits per heavy atom. The number of allylic oxidation sites excluding steroid dienone is 6. The van der Waals surface area contributed by atoms with E-state index in [1.807, 2.05) is 31.8 Å². The average molecular weight is 1300 g/mol. The first-order chi connectivity index (χ1) is 48.0. The molecule has 4 amide bonds. The fourth-order valence-corrected chi connectivity index (χ4v) is 13.8. The number of unbranched alkanes of at least 4 members (excludes halogenated alkanes) is 12. The minimum absolute atomic E-state index is 0.0940. The molecular weight excluding hydrogens is 1200 g/mol. The molecule has 1 unspecified atom stereocenters. The van der Waals surface area contributed by atoms with Gasteiger partial charge >= 0.3 is 0 Å². The van der Waals surface area contributed by atoms with Gasteiger partial charge in [-0.1, -0.05) is 336 Å². The van der Waals surface area contributed by atoms with E-state index in [4.69, 9.17) is 0 Å². The van der Waals surface area contributed by atoms with E-state index in [1.165, 1.54) is 5.57 Å². The molecule has 0 fully saturated rings. The maximum Gasteiger partial charge on any atom is 0.261 e. The number of hydrogen-bond donors (Lipinski definition) is 0. The van der Waals surface area contributed by atoms with Crippen molar-refractivity contribution >= 4 is 95.0 Å². The Balaban J connectivity index is 0.811. The minimum Gasteiger partial charge on any atom is -0.307 e. The second-order valence-electron chi connectivity index (χ2n) is 26.5. The van der Waals surface area contributed by atoms with Gasteiger partial charge in [-0.25, -0.2) is 0 Å². The Morgan fingerprint density at radius 3 is 0.796 bits per heavy atom. The highest BCUT2D eigenvalue weighted by atomic mass is 16.2. The molecule has 11 rings (SSSR count). The summed E-state index contributed by atoms with van der Waals surface area (Å²) < 4.78 is 0. The SMILES string of the molecule is C=Cc1ccc(C=Cc2ccc(C3=C4C(=O)N(CCCCCC)C(c5ccc(C=Cc6ccc(C=Cc7ccc(C8=C9C(=O)N(CCCCCC)C(c%10ccc(C=CC%11=CCC(C=C)C=C%11)cc%10)=C9C(=O)N8CCCCCC)cc7)cc6)cc5)=C4C(=O)N3CCCCCC)cc2)cc1. The van der Waals surface area contributed by atoms with Crippen molar-refractivity contribution in [3.05, 3.63) is 284 Å². The Labute approximate surface area is 583 Å². The average Bonchev–Trinajstić information content (AvgIpc) is 1.57. The second kappa shape index (κ2) is 33.8. The Kier molecular flexibility index (Phi) is 24.0. The fourth-order valence-electron chi connectivity index (χ4n) is 13.8. The van der Waals surface area contributed by atoms with Gasteiger partial charge in [-0.3, -0.25) is 19.2 Å². The van der Waals surface area contributed by atoms with E-state index < -0.39 is 0 Å². The van der Waals surface area contributed by atoms with E-state index in [9.17, 15) is 0 Å². The van der Waals surface area contributed by atoms with Crippen molar-refractivity contribution in [3.63, 3.8) is 0 Å². The molecule has 1 atom stereocenters. The third-order valence-corrected chi connectivity index (χ3v) is 19.5. The molecule has 0 radical (unpaired) electrons. The van der Waals surface area contributed by atoms with Crippen molar-refractivity contribution in [2.24, 2.45) is 5.92 Å². The molecule has 0 saturated carbocycles. The van der Waals surface area contributed by atoms with Gasteiger partial charge in [-0.2, -0.15) is 0 Å². The van der Waals surface area contributed by atoms with Crippen LogP contribution in [0.2, 0.25) is 0 Å². The van der Waals surface area contributed by atoms with Gasteiger partial charge in [0.15, 0.2) is 0 Å². The molecule has 0 saturated heterocycles. The fraction of sp³-hybridized carbons (Fsp3) is 0.289. The molecule has 500 valence electrons. The molecule has 5 aliphatic rings. The molecular formula is C90H96N4O4. The van der Waals surface area contributed by atoms with Crippen LogP contribution in [0.25, 0.3) is 71.4 Å². The first-order valence-electron chi connectivity index (χ1n) is 36.3. The lowest BCUT2D eigenvalue weighted by atomic mass is 9.96. The van der Waals surface area contributed by atoms with Crippen LogP contribution >= 0.6 is 0 Å². The standard InChI is InChI=1S/C90H96N4O4/c1-7-13-17-21-61-91-83(75-53-45-71(46-54-75)41-37-67-29-25-65(11-5)26-30-67)79-81(89(91)97)85(93(87(79)95)63-23-19-15-9-3)77-57-49-73(50-58-77)43-39-69-33-35-70(36-34-69)40-44-74-51-59-78(60-52-74)86-82-80(88(96)94(86)64-24-20-16-10-4)84(92(90(82)98)62-22-18-14-8-2)76-55-47-72(48-56-76)42-38-68-31-27-66(12-6)28-32-68/h11-12,25-27,29-60,66H,5-10,13-24,28,61-64H2,1-4H3. The van der Waals surface area contributed by atoms with Gasteiger partial charge in [0.25, 0.3) is 23.6 Å². The highest BCUT2D eigenvalue weighted by Gasteiger charge is 2.50. The van der Waals surface area contributed by atoms with E-state index in [1.54, 1.807) is 0 Å². The van der Waals surface area contributed by atoms with Crippen molar-refractivity contribution in [2.45, 2.75) is 137 Å². The van der Waals surface area contributed by atoms with Gasteiger partial charge in [0, 0.05) is 26.2 Å². The van der Waals surface area contributed by atoms with E-state index >= 15 is 19.2 Å². The van der Waals surface area contributed by atoms with Crippen LogP contribution < -0.4 is 0 Å². The van der Waals surface area contributed by atoms with Crippen LogP contribution in [0.4, 0.5) is 0 Å². The summed E-state index contributed by atoms with van der Waals surface area (Å²) in [5, 5.41) is 0. The number of benzene rings is 6. The van der Waals surface area contributed by atoms with Gasteiger partial charge in [0.2, 0.25) is 0 Å². The predicted octanol–water partition coefficient (Wildman–Crippen LogP) is 21.5. The summed E-state index contributed by atoms with van der Waals surface area (Å²) in [5.74, 6) is -0.0129. The summed E-state index contributed by atoms with van der Waals surface area (Å²) >= 11 is 0. The zero-order valence-corrected chi connectivity index (χ0v) is 58.1. The van der Waals surface area contributed by atoms with Crippen molar-refractivity contribution < 1.29 is 19.2 Å². The molecule has 1 aliphatic carbocycles. The quantitative estimate of drug-likeness (QED) is 0.0229. The Hall–Kier alpha value is -9.92. The Bertz CT molecular complexity index is 4200. The number of hydrogen-bond acceptors (Lipinski definition) is 4. The van der Waals surface area contributed by atoms with E-state index in [0.29, 0.717) is 71.5 Å². The molecule has 8 nitrogen and oxygen atoms in total. The lowest BCUT2D eigenvalue weighted by molar-refractivity contribution is -0.124. The zero-order chi connectivity index (χ0) is 68.3. The van der Waals surface area contributed by atoms with Crippen LogP contribution in [0.15, 0.2) is 217 Å². The summed E-state index contributed by atoms with van der Waals surface area (Å²) in [7, 11) is 0. The second-order valence-corrected chi connectivity index (χ2v) is 26.5. The summed E-state index contributed by atoms with van der Waals surface area (Å²) in [4.78, 5) is 67.6. The largest absolute Gasteiger partial charge is 0.307 e. The zero-order valence-electron chi connectivity index (χ0n) is 58.1. The van der Waals surface area contributed by atoms with Crippen LogP contribution in [0.3, 0.4) is 0 Å². The van der Waals surface area contributed by atoms with Crippen LogP contribution in [0.5, 0.6) is 0 Å². The molecule has 0 N–H and O–H groups in total. The molecule has 8 heteroatoms. The molecule has 98 heavy (non-hydrogen) atoms. The number of nitrogens with zero attached hydrogens (tertiary/aromatic N) is 4. The van der Waals surface area contributed by atoms with Gasteiger partial charge in [0.1, 0.15) is 0 Å². The molecule has 0 spiro atoms. The summed E-state index contributed by atoms with van der Waals surface area (Å²) in [6.45, 7) is 18.8. The lowest BCUT2D eigenvalue weighted by Gasteiger charge is -2.25. The topological polar surface area (TPSA) is 81.2 Å². The molecule has 6 aromatic rings. The van der Waals surface area contributed by atoms with Crippen molar-refractivity contribution in [1.29, 1.82) is 0 Å². The normalized spacial score (nSPS) is 16.4. The summed E-state index contributed by atoms with van der Waals surface area (Å²) in [6, 6.07) is 49.9. The monoisotopic (exact) mass is 1300 g/mol. The maximum absolute atomic E-state index is 15.0. The third kappa shape index (κ3) is 16.2. The number of carbonyl (C=O) groups is 4. The summed E-state index contributed by atoms with van der Waals surface area (Å²) in [6.07, 6.45) is 44.4. The van der Waals surface area contributed by atoms with E-state index in [0.717, 1.165) is 182 Å². The van der Waals surface area contributed by atoms with E-state index in [2.05, 4.69) is 253 Å². The van der Waals surface area contributed by atoms with E-state index in [-0.39, 0.29) is 23.6 Å². The third-order valence-electron chi connectivity index (χ3n) is 19.5. The first kappa shape index (κ1) is 69.4. The number of amides is 4. The minimum atomic E-state index is -0.0987. The molecule has 0 aromatic heterocycles. The van der Waals surface area contributed by atoms with Crippen molar-refractivity contribution in [1.82, 2.24) is 19.6 Å². The first-order valence-corrected chi connectivity index (χ1v) is 36.3. The molecule has 0 bridgehead atoms.